The van der Waals surface area contributed by atoms with Gasteiger partial charge >= 0.3 is 0 Å². The summed E-state index contributed by atoms with van der Waals surface area (Å²) in [5.74, 6) is -0.212. The van der Waals surface area contributed by atoms with Gasteiger partial charge in [-0.3, -0.25) is 4.79 Å². The molecule has 0 saturated carbocycles. The average molecular weight is 198 g/mol. The lowest BCUT2D eigenvalue weighted by molar-refractivity contribution is -0.141. The van der Waals surface area contributed by atoms with E-state index in [1.807, 2.05) is 0 Å². The molecule has 0 bridgehead atoms. The average Bonchev–Trinajstić information content (AvgIpc) is 2.22. The largest absolute Gasteiger partial charge is 0.490 e. The molecule has 78 valence electrons. The molecule has 0 spiro atoms. The first-order valence-corrected chi connectivity index (χ1v) is 4.52. The van der Waals surface area contributed by atoms with Crippen LogP contribution in [0.25, 0.3) is 0 Å². The van der Waals surface area contributed by atoms with Crippen LogP contribution in [-0.2, 0) is 14.3 Å². The van der Waals surface area contributed by atoms with E-state index in [1.54, 1.807) is 13.8 Å². The van der Waals surface area contributed by atoms with E-state index in [9.17, 15) is 9.90 Å². The van der Waals surface area contributed by atoms with Gasteiger partial charge in [-0.15, -0.1) is 0 Å². The molecule has 1 unspecified atom stereocenters. The molecular weight excluding hydrogens is 184 g/mol. The molecule has 0 aromatic rings. The lowest BCUT2D eigenvalue weighted by Crippen LogP contribution is -2.51. The van der Waals surface area contributed by atoms with Gasteiger partial charge in [0, 0.05) is 0 Å². The molecule has 14 heavy (non-hydrogen) atoms. The van der Waals surface area contributed by atoms with Crippen LogP contribution in [0, 0.1) is 0 Å². The topological polar surface area (TPSA) is 55.8 Å². The van der Waals surface area contributed by atoms with Crippen LogP contribution in [0.2, 0.25) is 0 Å². The first-order valence-electron chi connectivity index (χ1n) is 4.52. The van der Waals surface area contributed by atoms with Crippen molar-refractivity contribution in [1.29, 1.82) is 0 Å². The third-order valence-corrected chi connectivity index (χ3v) is 1.98. The first kappa shape index (κ1) is 10.8. The van der Waals surface area contributed by atoms with E-state index in [-0.39, 0.29) is 11.5 Å². The Hall–Kier alpha value is -1.29. The van der Waals surface area contributed by atoms with Crippen LogP contribution in [-0.4, -0.2) is 29.7 Å². The number of Topliss-reactive ketones (excluding diaryl/α,β-unsaturated/α-hetero) is 1. The van der Waals surface area contributed by atoms with Gasteiger partial charge in [0.2, 0.25) is 17.1 Å². The first-order chi connectivity index (χ1) is 6.61. The molecule has 1 aliphatic carbocycles. The number of ketones is 1. The smallest absolute Gasteiger partial charge is 0.244 e. The summed E-state index contributed by atoms with van der Waals surface area (Å²) in [6, 6.07) is 0. The minimum absolute atomic E-state index is 0.108. The Bertz CT molecular complexity index is 292. The van der Waals surface area contributed by atoms with Crippen LogP contribution in [0.15, 0.2) is 24.2 Å². The van der Waals surface area contributed by atoms with Crippen LogP contribution in [0.1, 0.15) is 13.8 Å². The zero-order valence-electron chi connectivity index (χ0n) is 8.37. The van der Waals surface area contributed by atoms with Gasteiger partial charge < -0.3 is 14.6 Å². The molecule has 0 heterocycles. The highest BCUT2D eigenvalue weighted by Crippen LogP contribution is 2.37. The molecule has 4 heteroatoms. The summed E-state index contributed by atoms with van der Waals surface area (Å²) in [5.41, 5.74) is -1.68. The Labute approximate surface area is 82.8 Å². The van der Waals surface area contributed by atoms with Crippen LogP contribution >= 0.6 is 0 Å². The summed E-state index contributed by atoms with van der Waals surface area (Å²) in [5, 5.41) is 9.74. The summed E-state index contributed by atoms with van der Waals surface area (Å²) in [6.45, 7) is 7.65. The number of carbonyl (C=O) groups is 1. The second-order valence-electron chi connectivity index (χ2n) is 2.82. The highest BCUT2D eigenvalue weighted by atomic mass is 16.5. The lowest BCUT2D eigenvalue weighted by atomic mass is 9.83. The minimum Gasteiger partial charge on any atom is -0.490 e. The van der Waals surface area contributed by atoms with E-state index in [0.717, 1.165) is 6.08 Å². The number of carbonyl (C=O) groups excluding carboxylic acids is 1. The van der Waals surface area contributed by atoms with Crippen molar-refractivity contribution < 1.29 is 19.4 Å². The second-order valence-corrected chi connectivity index (χ2v) is 2.82. The number of hydrogen-bond donors (Lipinski definition) is 1. The normalized spacial score (nSPS) is 25.8. The maximum absolute atomic E-state index is 11.4. The van der Waals surface area contributed by atoms with Crippen molar-refractivity contribution in [1.82, 2.24) is 0 Å². The molecular formula is C10H14O4. The molecule has 0 aromatic heterocycles. The molecule has 0 aromatic carbocycles. The predicted molar refractivity (Wildman–Crippen MR) is 50.4 cm³/mol. The van der Waals surface area contributed by atoms with Crippen molar-refractivity contribution in [3.8, 4) is 0 Å². The number of hydrogen-bond acceptors (Lipinski definition) is 4. The Kier molecular flexibility index (Phi) is 2.96. The van der Waals surface area contributed by atoms with Crippen molar-refractivity contribution in [2.24, 2.45) is 0 Å². The van der Waals surface area contributed by atoms with E-state index in [0.29, 0.717) is 13.2 Å². The van der Waals surface area contributed by atoms with Gasteiger partial charge in [-0.25, -0.2) is 0 Å². The molecule has 0 amide bonds. The Morgan fingerprint density at radius 2 is 2.00 bits per heavy atom. The maximum atomic E-state index is 11.4. The quantitative estimate of drug-likeness (QED) is 0.663. The number of ether oxygens (including phenoxy) is 2. The van der Waals surface area contributed by atoms with Gasteiger partial charge in [0.05, 0.1) is 13.2 Å². The van der Waals surface area contributed by atoms with Gasteiger partial charge in [0.1, 0.15) is 0 Å². The van der Waals surface area contributed by atoms with Crippen molar-refractivity contribution in [2.75, 3.05) is 13.2 Å². The van der Waals surface area contributed by atoms with E-state index < -0.39 is 11.4 Å². The summed E-state index contributed by atoms with van der Waals surface area (Å²) >= 11 is 0. The van der Waals surface area contributed by atoms with Crippen LogP contribution in [0.3, 0.4) is 0 Å². The molecule has 1 atom stereocenters. The van der Waals surface area contributed by atoms with E-state index in [1.165, 1.54) is 0 Å². The molecule has 1 N–H and O–H groups in total. The van der Waals surface area contributed by atoms with E-state index in [2.05, 4.69) is 6.58 Å². The Morgan fingerprint density at radius 1 is 1.43 bits per heavy atom. The fourth-order valence-corrected chi connectivity index (χ4v) is 1.27. The number of rotatable bonds is 5. The minimum atomic E-state index is -1.68. The molecule has 1 rings (SSSR count). The molecule has 0 aliphatic heterocycles. The van der Waals surface area contributed by atoms with Gasteiger partial charge in [-0.2, -0.15) is 0 Å². The standard InChI is InChI=1S/C10H14O4/c1-4-10(12)8(11)7(13-5-2)9(10)14-6-3/h4,12H,1,5-6H2,2-3H3. The Morgan fingerprint density at radius 3 is 2.43 bits per heavy atom. The zero-order chi connectivity index (χ0) is 10.8. The van der Waals surface area contributed by atoms with Gasteiger partial charge in [-0.1, -0.05) is 6.58 Å². The third kappa shape index (κ3) is 1.32. The highest BCUT2D eigenvalue weighted by Gasteiger charge is 2.54. The van der Waals surface area contributed by atoms with Gasteiger partial charge in [-0.05, 0) is 19.9 Å². The monoisotopic (exact) mass is 198 g/mol. The third-order valence-electron chi connectivity index (χ3n) is 1.98. The SMILES string of the molecule is C=CC1(O)C(=O)C(OCC)=C1OCC. The molecule has 1 aliphatic rings. The van der Waals surface area contributed by atoms with Gasteiger partial charge in [0.15, 0.2) is 5.76 Å². The van der Waals surface area contributed by atoms with Crippen LogP contribution in [0.5, 0.6) is 0 Å². The summed E-state index contributed by atoms with van der Waals surface area (Å²) in [7, 11) is 0. The fourth-order valence-electron chi connectivity index (χ4n) is 1.27. The second kappa shape index (κ2) is 3.84. The predicted octanol–water partition coefficient (Wildman–Crippen LogP) is 0.771. The van der Waals surface area contributed by atoms with Crippen molar-refractivity contribution >= 4 is 5.78 Å². The molecule has 4 nitrogen and oxygen atoms in total. The van der Waals surface area contributed by atoms with Crippen molar-refractivity contribution in [3.63, 3.8) is 0 Å². The summed E-state index contributed by atoms with van der Waals surface area (Å²) in [4.78, 5) is 11.4. The Balaban J connectivity index is 2.97. The van der Waals surface area contributed by atoms with E-state index in [4.69, 9.17) is 9.47 Å². The highest BCUT2D eigenvalue weighted by molar-refractivity contribution is 6.11. The van der Waals surface area contributed by atoms with Gasteiger partial charge in [0.25, 0.3) is 0 Å². The van der Waals surface area contributed by atoms with Crippen molar-refractivity contribution in [3.05, 3.63) is 24.2 Å². The molecule has 0 radical (unpaired) electrons. The van der Waals surface area contributed by atoms with Crippen molar-refractivity contribution in [2.45, 2.75) is 19.4 Å². The molecule has 0 fully saturated rings. The van der Waals surface area contributed by atoms with E-state index >= 15 is 0 Å². The van der Waals surface area contributed by atoms with Crippen LogP contribution in [0.4, 0.5) is 0 Å². The lowest BCUT2D eigenvalue weighted by Gasteiger charge is -2.35. The molecule has 0 saturated heterocycles. The zero-order valence-corrected chi connectivity index (χ0v) is 8.37. The fraction of sp³-hybridized carbons (Fsp3) is 0.500. The van der Waals surface area contributed by atoms with Crippen LogP contribution < -0.4 is 0 Å². The summed E-state index contributed by atoms with van der Waals surface area (Å²) in [6.07, 6.45) is 1.16. The summed E-state index contributed by atoms with van der Waals surface area (Å²) < 4.78 is 10.2. The number of aliphatic hydroxyl groups is 1. The maximum Gasteiger partial charge on any atom is 0.244 e.